The number of hydrogen-bond donors (Lipinski definition) is 1. The van der Waals surface area contributed by atoms with Crippen LogP contribution in [0.15, 0.2) is 35.9 Å². The van der Waals surface area contributed by atoms with Crippen molar-refractivity contribution in [2.24, 2.45) is 0 Å². The fourth-order valence-corrected chi connectivity index (χ4v) is 1.79. The molecule has 0 saturated carbocycles. The van der Waals surface area contributed by atoms with Crippen molar-refractivity contribution in [3.05, 3.63) is 40.9 Å². The third-order valence-electron chi connectivity index (χ3n) is 2.49. The van der Waals surface area contributed by atoms with Crippen LogP contribution in [0.2, 0.25) is 5.02 Å². The molecular weight excluding hydrogens is 210 g/mol. The lowest BCUT2D eigenvalue weighted by Gasteiger charge is -2.11. The van der Waals surface area contributed by atoms with Crippen molar-refractivity contribution in [1.29, 1.82) is 0 Å². The third-order valence-corrected chi connectivity index (χ3v) is 2.74. The van der Waals surface area contributed by atoms with Gasteiger partial charge in [0.2, 0.25) is 0 Å². The molecular formula is C12H12ClNO. The van der Waals surface area contributed by atoms with Crippen molar-refractivity contribution in [3.8, 4) is 0 Å². The predicted molar refractivity (Wildman–Crippen MR) is 62.2 cm³/mol. The average molecular weight is 222 g/mol. The van der Waals surface area contributed by atoms with Crippen LogP contribution >= 0.6 is 11.6 Å². The summed E-state index contributed by atoms with van der Waals surface area (Å²) in [5.74, 6) is 0.224. The molecule has 0 aliphatic heterocycles. The van der Waals surface area contributed by atoms with Gasteiger partial charge in [-0.1, -0.05) is 17.7 Å². The van der Waals surface area contributed by atoms with E-state index in [4.69, 9.17) is 11.6 Å². The number of carbonyl (C=O) groups excluding carboxylic acids is 1. The van der Waals surface area contributed by atoms with Crippen LogP contribution in [-0.2, 0) is 4.79 Å². The largest absolute Gasteiger partial charge is 0.378 e. The quantitative estimate of drug-likeness (QED) is 0.832. The van der Waals surface area contributed by atoms with E-state index in [1.54, 1.807) is 0 Å². The lowest BCUT2D eigenvalue weighted by molar-refractivity contribution is -0.114. The number of ketones is 1. The Kier molecular flexibility index (Phi) is 2.78. The van der Waals surface area contributed by atoms with Crippen LogP contribution in [0.25, 0.3) is 0 Å². The molecule has 0 saturated heterocycles. The molecule has 0 bridgehead atoms. The van der Waals surface area contributed by atoms with E-state index in [-0.39, 0.29) is 11.8 Å². The summed E-state index contributed by atoms with van der Waals surface area (Å²) in [5.41, 5.74) is 1.84. The molecule has 1 aromatic carbocycles. The lowest BCUT2D eigenvalue weighted by atomic mass is 10.2. The molecule has 0 fully saturated rings. The fraction of sp³-hybridized carbons (Fsp3) is 0.250. The number of halogens is 1. The van der Waals surface area contributed by atoms with Crippen molar-refractivity contribution < 1.29 is 4.79 Å². The number of carbonyl (C=O) groups is 1. The first-order valence-corrected chi connectivity index (χ1v) is 5.26. The highest BCUT2D eigenvalue weighted by atomic mass is 35.5. The number of nitrogens with one attached hydrogen (secondary N) is 1. The first kappa shape index (κ1) is 10.2. The van der Waals surface area contributed by atoms with Crippen LogP contribution < -0.4 is 5.32 Å². The molecule has 15 heavy (non-hydrogen) atoms. The van der Waals surface area contributed by atoms with Gasteiger partial charge in [-0.25, -0.2) is 0 Å². The van der Waals surface area contributed by atoms with E-state index in [1.165, 1.54) is 0 Å². The Morgan fingerprint density at radius 3 is 2.53 bits per heavy atom. The van der Waals surface area contributed by atoms with Gasteiger partial charge in [0.1, 0.15) is 0 Å². The highest BCUT2D eigenvalue weighted by Crippen LogP contribution is 2.20. The highest BCUT2D eigenvalue weighted by molar-refractivity contribution is 6.30. The molecule has 0 radical (unpaired) electrons. The maximum Gasteiger partial charge on any atom is 0.160 e. The zero-order valence-electron chi connectivity index (χ0n) is 8.46. The van der Waals surface area contributed by atoms with Crippen LogP contribution in [0.4, 0.5) is 5.69 Å². The van der Waals surface area contributed by atoms with E-state index in [0.717, 1.165) is 16.3 Å². The molecule has 2 nitrogen and oxygen atoms in total. The summed E-state index contributed by atoms with van der Waals surface area (Å²) in [6.07, 6.45) is 2.52. The molecule has 1 N–H and O–H groups in total. The Balaban J connectivity index is 2.05. The summed E-state index contributed by atoms with van der Waals surface area (Å²) in [6, 6.07) is 7.61. The second-order valence-corrected chi connectivity index (χ2v) is 4.17. The first-order chi connectivity index (χ1) is 7.15. The minimum atomic E-state index is 0.124. The number of anilines is 1. The first-order valence-electron chi connectivity index (χ1n) is 4.89. The maximum atomic E-state index is 11.3. The Labute approximate surface area is 93.9 Å². The van der Waals surface area contributed by atoms with Gasteiger partial charge in [0, 0.05) is 17.1 Å². The zero-order chi connectivity index (χ0) is 10.8. The number of Topliss-reactive ketones (excluding diaryl/α,β-unsaturated/α-hetero) is 1. The molecule has 0 heterocycles. The van der Waals surface area contributed by atoms with Gasteiger partial charge in [0.05, 0.1) is 6.04 Å². The normalized spacial score (nSPS) is 20.3. The number of hydrogen-bond acceptors (Lipinski definition) is 2. The van der Waals surface area contributed by atoms with Crippen LogP contribution in [-0.4, -0.2) is 11.8 Å². The number of allylic oxidation sites excluding steroid dienone is 1. The van der Waals surface area contributed by atoms with Gasteiger partial charge >= 0.3 is 0 Å². The van der Waals surface area contributed by atoms with Gasteiger partial charge in [0.15, 0.2) is 5.78 Å². The van der Waals surface area contributed by atoms with Gasteiger partial charge in [-0.3, -0.25) is 4.79 Å². The van der Waals surface area contributed by atoms with Crippen molar-refractivity contribution >= 4 is 23.1 Å². The highest BCUT2D eigenvalue weighted by Gasteiger charge is 2.20. The molecule has 1 unspecified atom stereocenters. The third kappa shape index (κ3) is 2.39. The summed E-state index contributed by atoms with van der Waals surface area (Å²) < 4.78 is 0. The molecule has 78 valence electrons. The fourth-order valence-electron chi connectivity index (χ4n) is 1.67. The standard InChI is InChI=1S/C12H12ClNO/c1-8-6-11(7-12(8)15)14-10-4-2-9(13)3-5-10/h2-6,11,14H,7H2,1H3. The van der Waals surface area contributed by atoms with Gasteiger partial charge in [-0.05, 0) is 36.8 Å². The molecule has 1 aliphatic carbocycles. The molecule has 2 rings (SSSR count). The topological polar surface area (TPSA) is 29.1 Å². The average Bonchev–Trinajstić information content (AvgIpc) is 2.50. The van der Waals surface area contributed by atoms with E-state index >= 15 is 0 Å². The van der Waals surface area contributed by atoms with Gasteiger partial charge in [-0.2, -0.15) is 0 Å². The predicted octanol–water partition coefficient (Wildman–Crippen LogP) is 3.04. The molecule has 0 spiro atoms. The Morgan fingerprint density at radius 1 is 1.33 bits per heavy atom. The van der Waals surface area contributed by atoms with Gasteiger partial charge in [0.25, 0.3) is 0 Å². The van der Waals surface area contributed by atoms with Crippen LogP contribution in [0.1, 0.15) is 13.3 Å². The van der Waals surface area contributed by atoms with Crippen LogP contribution in [0.5, 0.6) is 0 Å². The lowest BCUT2D eigenvalue weighted by Crippen LogP contribution is -2.15. The monoisotopic (exact) mass is 221 g/mol. The Morgan fingerprint density at radius 2 is 2.00 bits per heavy atom. The van der Waals surface area contributed by atoms with E-state index in [9.17, 15) is 4.79 Å². The summed E-state index contributed by atoms with van der Waals surface area (Å²) in [7, 11) is 0. The molecule has 1 atom stereocenters. The second kappa shape index (κ2) is 4.07. The minimum absolute atomic E-state index is 0.124. The van der Waals surface area contributed by atoms with Gasteiger partial charge in [-0.15, -0.1) is 0 Å². The maximum absolute atomic E-state index is 11.3. The van der Waals surface area contributed by atoms with E-state index in [2.05, 4.69) is 5.32 Å². The van der Waals surface area contributed by atoms with Crippen LogP contribution in [0, 0.1) is 0 Å². The molecule has 0 aromatic heterocycles. The van der Waals surface area contributed by atoms with Crippen molar-refractivity contribution in [3.63, 3.8) is 0 Å². The molecule has 1 aliphatic rings. The number of rotatable bonds is 2. The molecule has 0 amide bonds. The second-order valence-electron chi connectivity index (χ2n) is 3.73. The Bertz CT molecular complexity index is 408. The summed E-state index contributed by atoms with van der Waals surface area (Å²) in [4.78, 5) is 11.3. The SMILES string of the molecule is CC1=CC(Nc2ccc(Cl)cc2)CC1=O. The van der Waals surface area contributed by atoms with Crippen molar-refractivity contribution in [1.82, 2.24) is 0 Å². The van der Waals surface area contributed by atoms with Crippen molar-refractivity contribution in [2.75, 3.05) is 5.32 Å². The smallest absolute Gasteiger partial charge is 0.160 e. The minimum Gasteiger partial charge on any atom is -0.378 e. The van der Waals surface area contributed by atoms with Crippen molar-refractivity contribution in [2.45, 2.75) is 19.4 Å². The summed E-state index contributed by atoms with van der Waals surface area (Å²) in [5, 5.41) is 3.99. The van der Waals surface area contributed by atoms with Gasteiger partial charge < -0.3 is 5.32 Å². The number of benzene rings is 1. The zero-order valence-corrected chi connectivity index (χ0v) is 9.21. The van der Waals surface area contributed by atoms with E-state index in [1.807, 2.05) is 37.3 Å². The molecule has 3 heteroatoms. The summed E-state index contributed by atoms with van der Waals surface area (Å²) in [6.45, 7) is 1.85. The summed E-state index contributed by atoms with van der Waals surface area (Å²) >= 11 is 5.78. The molecule has 1 aromatic rings. The van der Waals surface area contributed by atoms with E-state index < -0.39 is 0 Å². The van der Waals surface area contributed by atoms with Crippen LogP contribution in [0.3, 0.4) is 0 Å². The van der Waals surface area contributed by atoms with E-state index in [0.29, 0.717) is 6.42 Å². The Hall–Kier alpha value is -1.28.